The van der Waals surface area contributed by atoms with E-state index in [1.165, 1.54) is 0 Å². The summed E-state index contributed by atoms with van der Waals surface area (Å²) in [5.74, 6) is 0. The van der Waals surface area contributed by atoms with E-state index in [1.807, 2.05) is 0 Å². The molecule has 0 radical (unpaired) electrons. The summed E-state index contributed by atoms with van der Waals surface area (Å²) in [5.41, 5.74) is 0. The van der Waals surface area contributed by atoms with Crippen molar-refractivity contribution < 1.29 is 52.1 Å². The Balaban J connectivity index is 4.16. The van der Waals surface area contributed by atoms with Gasteiger partial charge < -0.3 is 13.8 Å². The fourth-order valence-corrected chi connectivity index (χ4v) is 0.762. The maximum Gasteiger partial charge on any atom is 0.529 e. The molecule has 0 aromatic heterocycles. The third kappa shape index (κ3) is 9.35. The lowest BCUT2D eigenvalue weighted by atomic mass is 11.3. The van der Waals surface area contributed by atoms with E-state index < -0.39 is 28.0 Å². The van der Waals surface area contributed by atoms with Crippen molar-refractivity contribution in [2.75, 3.05) is 0 Å². The SMILES string of the molecule is O=C(OC(=O)OP(=O)(O)O)OP(=O)(O)O. The molecular weight excluding hydrogens is 262 g/mol. The lowest BCUT2D eigenvalue weighted by Crippen LogP contribution is -2.13. The zero-order chi connectivity index (χ0) is 12.3. The molecule has 0 fully saturated rings. The summed E-state index contributed by atoms with van der Waals surface area (Å²) in [5, 5.41) is 0. The van der Waals surface area contributed by atoms with E-state index >= 15 is 0 Å². The third-order valence-electron chi connectivity index (χ3n) is 0.554. The van der Waals surface area contributed by atoms with Crippen molar-refractivity contribution in [3.63, 3.8) is 0 Å². The predicted octanol–water partition coefficient (Wildman–Crippen LogP) is -0.538. The minimum Gasteiger partial charge on any atom is -0.337 e. The zero-order valence-electron chi connectivity index (χ0n) is 6.54. The Morgan fingerprint density at radius 2 is 1.07 bits per heavy atom. The molecule has 0 aliphatic heterocycles. The molecule has 0 aliphatic carbocycles. The van der Waals surface area contributed by atoms with Gasteiger partial charge in [0.1, 0.15) is 0 Å². The molecule has 0 atom stereocenters. The maximum atomic E-state index is 10.3. The highest BCUT2D eigenvalue weighted by atomic mass is 31.2. The monoisotopic (exact) mass is 266 g/mol. The Morgan fingerprint density at radius 1 is 0.800 bits per heavy atom. The first-order valence-electron chi connectivity index (χ1n) is 2.76. The molecule has 0 amide bonds. The number of hydrogen-bond acceptors (Lipinski definition) is 7. The van der Waals surface area contributed by atoms with E-state index in [-0.39, 0.29) is 0 Å². The minimum absolute atomic E-state index is 2.17. The van der Waals surface area contributed by atoms with Crippen LogP contribution in [-0.2, 0) is 22.9 Å². The molecule has 0 bridgehead atoms. The Kier molecular flexibility index (Phi) is 4.41. The van der Waals surface area contributed by atoms with Crippen molar-refractivity contribution >= 4 is 28.0 Å². The molecule has 0 saturated heterocycles. The zero-order valence-corrected chi connectivity index (χ0v) is 8.33. The van der Waals surface area contributed by atoms with Crippen LogP contribution in [0, 0.1) is 0 Å². The Labute approximate surface area is 81.0 Å². The van der Waals surface area contributed by atoms with Gasteiger partial charge in [0.25, 0.3) is 0 Å². The van der Waals surface area contributed by atoms with Gasteiger partial charge >= 0.3 is 28.0 Å². The van der Waals surface area contributed by atoms with Crippen LogP contribution >= 0.6 is 15.6 Å². The lowest BCUT2D eigenvalue weighted by molar-refractivity contribution is 0.0753. The van der Waals surface area contributed by atoms with E-state index in [1.54, 1.807) is 0 Å². The molecule has 0 saturated carbocycles. The van der Waals surface area contributed by atoms with Crippen LogP contribution in [-0.4, -0.2) is 31.9 Å². The second-order valence-corrected chi connectivity index (χ2v) is 4.09. The maximum absolute atomic E-state index is 10.3. The number of ether oxygens (including phenoxy) is 1. The summed E-state index contributed by atoms with van der Waals surface area (Å²) in [6, 6.07) is 0. The van der Waals surface area contributed by atoms with E-state index in [0.717, 1.165) is 0 Å². The van der Waals surface area contributed by atoms with Crippen molar-refractivity contribution in [2.45, 2.75) is 0 Å². The second-order valence-electron chi connectivity index (χ2n) is 1.77. The molecule has 0 spiro atoms. The smallest absolute Gasteiger partial charge is 0.337 e. The van der Waals surface area contributed by atoms with Crippen LogP contribution in [0.3, 0.4) is 0 Å². The first-order chi connectivity index (χ1) is 6.49. The van der Waals surface area contributed by atoms with Crippen LogP contribution in [0.2, 0.25) is 0 Å². The molecule has 0 aliphatic rings. The van der Waals surface area contributed by atoms with Crippen molar-refractivity contribution in [3.05, 3.63) is 0 Å². The van der Waals surface area contributed by atoms with E-state index in [2.05, 4.69) is 13.8 Å². The number of hydrogen-bond donors (Lipinski definition) is 4. The van der Waals surface area contributed by atoms with Crippen molar-refractivity contribution in [1.82, 2.24) is 0 Å². The summed E-state index contributed by atoms with van der Waals surface area (Å²) in [7, 11) is -10.4. The molecule has 88 valence electrons. The Hall–Kier alpha value is -0.960. The molecule has 4 N–H and O–H groups in total. The van der Waals surface area contributed by atoms with Gasteiger partial charge in [0.15, 0.2) is 0 Å². The minimum atomic E-state index is -5.21. The quantitative estimate of drug-likeness (QED) is 0.286. The van der Waals surface area contributed by atoms with Gasteiger partial charge in [0, 0.05) is 0 Å². The van der Waals surface area contributed by atoms with Gasteiger partial charge in [-0.2, -0.15) is 0 Å². The molecule has 15 heavy (non-hydrogen) atoms. The van der Waals surface area contributed by atoms with Gasteiger partial charge in [0.05, 0.1) is 0 Å². The predicted molar refractivity (Wildman–Crippen MR) is 38.1 cm³/mol. The summed E-state index contributed by atoms with van der Waals surface area (Å²) in [6.07, 6.45) is -4.33. The normalized spacial score (nSPS) is 11.7. The topological polar surface area (TPSA) is 177 Å². The summed E-state index contributed by atoms with van der Waals surface area (Å²) in [4.78, 5) is 52.6. The van der Waals surface area contributed by atoms with Gasteiger partial charge in [-0.1, -0.05) is 0 Å². The highest BCUT2D eigenvalue weighted by molar-refractivity contribution is 7.47. The molecule has 0 aromatic rings. The largest absolute Gasteiger partial charge is 0.529 e. The van der Waals surface area contributed by atoms with Crippen molar-refractivity contribution in [3.8, 4) is 0 Å². The highest BCUT2D eigenvalue weighted by Gasteiger charge is 2.28. The lowest BCUT2D eigenvalue weighted by Gasteiger charge is -2.05. The van der Waals surface area contributed by atoms with Gasteiger partial charge in [0.2, 0.25) is 0 Å². The van der Waals surface area contributed by atoms with Crippen molar-refractivity contribution in [1.29, 1.82) is 0 Å². The number of rotatable bonds is 2. The standard InChI is InChI=1S/C2H4O11P2/c3-1(12-14(5,6)7)11-2(4)13-15(8,9)10/h(H2,5,6,7)(H2,8,9,10). The fourth-order valence-electron chi connectivity index (χ4n) is 0.300. The molecule has 0 heterocycles. The van der Waals surface area contributed by atoms with Crippen LogP contribution in [0.4, 0.5) is 9.59 Å². The van der Waals surface area contributed by atoms with Crippen LogP contribution in [0.25, 0.3) is 0 Å². The molecule has 13 heteroatoms. The third-order valence-corrected chi connectivity index (χ3v) is 1.33. The van der Waals surface area contributed by atoms with Crippen LogP contribution in [0.5, 0.6) is 0 Å². The van der Waals surface area contributed by atoms with Gasteiger partial charge in [-0.25, -0.2) is 18.7 Å². The number of phosphoric acid groups is 2. The molecule has 0 rings (SSSR count). The Bertz CT molecular complexity index is 310. The van der Waals surface area contributed by atoms with Gasteiger partial charge in [-0.3, -0.25) is 19.6 Å². The van der Waals surface area contributed by atoms with Crippen LogP contribution < -0.4 is 0 Å². The van der Waals surface area contributed by atoms with Gasteiger partial charge in [-0.15, -0.1) is 0 Å². The fraction of sp³-hybridized carbons (Fsp3) is 0. The Morgan fingerprint density at radius 3 is 1.27 bits per heavy atom. The highest BCUT2D eigenvalue weighted by Crippen LogP contribution is 2.38. The first-order valence-corrected chi connectivity index (χ1v) is 5.82. The number of carbonyl (C=O) groups excluding carboxylic acids is 2. The number of carbonyl (C=O) groups is 2. The summed E-state index contributed by atoms with van der Waals surface area (Å²) < 4.78 is 29.6. The van der Waals surface area contributed by atoms with Crippen molar-refractivity contribution in [2.24, 2.45) is 0 Å². The van der Waals surface area contributed by atoms with Crippen LogP contribution in [0.15, 0.2) is 0 Å². The summed E-state index contributed by atoms with van der Waals surface area (Å²) >= 11 is 0. The van der Waals surface area contributed by atoms with E-state index in [0.29, 0.717) is 0 Å². The number of phosphoric ester groups is 2. The van der Waals surface area contributed by atoms with Crippen LogP contribution in [0.1, 0.15) is 0 Å². The molecular formula is C2H4O11P2. The molecule has 11 nitrogen and oxygen atoms in total. The molecule has 0 aromatic carbocycles. The average Bonchev–Trinajstić information content (AvgIpc) is 1.73. The van der Waals surface area contributed by atoms with E-state index in [4.69, 9.17) is 19.6 Å². The first kappa shape index (κ1) is 14.0. The second kappa shape index (κ2) is 4.71. The van der Waals surface area contributed by atoms with Gasteiger partial charge in [-0.05, 0) is 0 Å². The molecule has 0 unspecified atom stereocenters. The average molecular weight is 266 g/mol. The summed E-state index contributed by atoms with van der Waals surface area (Å²) in [6.45, 7) is 0. The van der Waals surface area contributed by atoms with E-state index in [9.17, 15) is 18.7 Å².